The van der Waals surface area contributed by atoms with Gasteiger partial charge >= 0.3 is 6.29 Å². The summed E-state index contributed by atoms with van der Waals surface area (Å²) in [6.07, 6.45) is -2.41. The van der Waals surface area contributed by atoms with Gasteiger partial charge in [-0.3, -0.25) is 9.59 Å². The van der Waals surface area contributed by atoms with Gasteiger partial charge in [-0.1, -0.05) is 30.3 Å². The number of hydrogen-bond donors (Lipinski definition) is 1. The monoisotopic (exact) mass is 511 g/mol. The molecule has 1 amide bonds. The Balaban J connectivity index is 1.29. The summed E-state index contributed by atoms with van der Waals surface area (Å²) >= 11 is 0. The smallest absolute Gasteiger partial charge is 0.395 e. The molecule has 7 nitrogen and oxygen atoms in total. The van der Waals surface area contributed by atoms with Crippen LogP contribution in [0.1, 0.15) is 39.9 Å². The van der Waals surface area contributed by atoms with E-state index in [0.717, 1.165) is 16.7 Å². The van der Waals surface area contributed by atoms with Gasteiger partial charge in [-0.25, -0.2) is 13.1 Å². The van der Waals surface area contributed by atoms with Gasteiger partial charge in [0.1, 0.15) is 10.7 Å². The first kappa shape index (κ1) is 22.7. The van der Waals surface area contributed by atoms with Crippen LogP contribution in [0.3, 0.4) is 0 Å². The van der Waals surface area contributed by atoms with Gasteiger partial charge in [0, 0.05) is 6.42 Å². The van der Waals surface area contributed by atoms with E-state index in [1.165, 1.54) is 24.3 Å². The van der Waals surface area contributed by atoms with Crippen molar-refractivity contribution in [3.63, 3.8) is 0 Å². The molecule has 0 spiro atoms. The maximum Gasteiger partial charge on any atom is 0.586 e. The normalized spacial score (nSPS) is 19.5. The van der Waals surface area contributed by atoms with E-state index >= 15 is 0 Å². The first-order valence-corrected chi connectivity index (χ1v) is 12.7. The molecule has 3 aliphatic rings. The molecular formula is C26H19F2NO6S. The van der Waals surface area contributed by atoms with Gasteiger partial charge in [0.05, 0.1) is 11.0 Å². The van der Waals surface area contributed by atoms with Crippen LogP contribution >= 0.6 is 0 Å². The molecule has 2 aliphatic heterocycles. The summed E-state index contributed by atoms with van der Waals surface area (Å²) in [7, 11) is -3.90. The number of benzene rings is 3. The molecule has 1 saturated carbocycles. The zero-order chi connectivity index (χ0) is 25.5. The van der Waals surface area contributed by atoms with Crippen molar-refractivity contribution in [1.82, 2.24) is 4.72 Å². The molecule has 36 heavy (non-hydrogen) atoms. The van der Waals surface area contributed by atoms with Crippen molar-refractivity contribution in [3.05, 3.63) is 76.9 Å². The molecule has 0 saturated heterocycles. The third-order valence-electron chi connectivity index (χ3n) is 6.96. The van der Waals surface area contributed by atoms with Crippen LogP contribution in [0, 0.1) is 6.92 Å². The maximum absolute atomic E-state index is 13.4. The minimum atomic E-state index is -3.90. The Morgan fingerprint density at radius 1 is 0.972 bits per heavy atom. The van der Waals surface area contributed by atoms with Crippen LogP contribution in [0.15, 0.2) is 59.5 Å². The largest absolute Gasteiger partial charge is 0.586 e. The van der Waals surface area contributed by atoms with Crippen LogP contribution in [0.4, 0.5) is 8.78 Å². The maximum atomic E-state index is 13.4. The summed E-state index contributed by atoms with van der Waals surface area (Å²) in [5.41, 5.74) is 2.90. The van der Waals surface area contributed by atoms with E-state index in [1.54, 1.807) is 12.1 Å². The van der Waals surface area contributed by atoms with Gasteiger partial charge in [0.2, 0.25) is 0 Å². The van der Waals surface area contributed by atoms with Crippen molar-refractivity contribution in [2.24, 2.45) is 0 Å². The third-order valence-corrected chi connectivity index (χ3v) is 8.33. The predicted molar refractivity (Wildman–Crippen MR) is 124 cm³/mol. The SMILES string of the molecule is Cc1ccc(CC(=O)C2(c3ccc4c(c3)OC(F)(F)O4)CC2)cc1-c1ccc2c(c1)S(=O)(=O)NC2=O. The average molecular weight is 512 g/mol. The molecule has 0 atom stereocenters. The molecule has 3 aromatic rings. The highest BCUT2D eigenvalue weighted by atomic mass is 32.2. The number of sulfonamides is 1. The van der Waals surface area contributed by atoms with Crippen LogP contribution in [0.25, 0.3) is 11.1 Å². The number of aryl methyl sites for hydroxylation is 1. The summed E-state index contributed by atoms with van der Waals surface area (Å²) in [6, 6.07) is 14.6. The number of carbonyl (C=O) groups excluding carboxylic acids is 2. The van der Waals surface area contributed by atoms with E-state index in [-0.39, 0.29) is 34.2 Å². The molecule has 0 unspecified atom stereocenters. The number of amides is 1. The molecule has 10 heteroatoms. The van der Waals surface area contributed by atoms with E-state index in [4.69, 9.17) is 0 Å². The fraction of sp³-hybridized carbons (Fsp3) is 0.231. The molecular weight excluding hydrogens is 492 g/mol. The van der Waals surface area contributed by atoms with Crippen molar-refractivity contribution in [2.45, 2.75) is 42.8 Å². The van der Waals surface area contributed by atoms with Gasteiger partial charge in [-0.05, 0) is 71.8 Å². The Kier molecular flexibility index (Phi) is 4.63. The van der Waals surface area contributed by atoms with E-state index in [1.807, 2.05) is 29.8 Å². The van der Waals surface area contributed by atoms with Gasteiger partial charge in [0.25, 0.3) is 15.9 Å². The highest BCUT2D eigenvalue weighted by Crippen LogP contribution is 2.52. The van der Waals surface area contributed by atoms with Gasteiger partial charge in [-0.2, -0.15) is 0 Å². The Hall–Kier alpha value is -3.79. The lowest BCUT2D eigenvalue weighted by atomic mass is 9.87. The Morgan fingerprint density at radius 3 is 2.47 bits per heavy atom. The number of nitrogens with one attached hydrogen (secondary N) is 1. The van der Waals surface area contributed by atoms with Gasteiger partial charge in [0.15, 0.2) is 11.5 Å². The van der Waals surface area contributed by atoms with Gasteiger partial charge in [-0.15, -0.1) is 8.78 Å². The number of carbonyl (C=O) groups is 2. The quantitative estimate of drug-likeness (QED) is 0.550. The van der Waals surface area contributed by atoms with Crippen LogP contribution in [0.2, 0.25) is 0 Å². The number of fused-ring (bicyclic) bond motifs is 2. The molecule has 1 fully saturated rings. The Labute approximate surface area is 205 Å². The topological polar surface area (TPSA) is 98.8 Å². The van der Waals surface area contributed by atoms with E-state index in [0.29, 0.717) is 24.0 Å². The zero-order valence-electron chi connectivity index (χ0n) is 18.9. The first-order chi connectivity index (χ1) is 17.0. The average Bonchev–Trinajstić information content (AvgIpc) is 3.51. The highest BCUT2D eigenvalue weighted by molar-refractivity contribution is 7.90. The fourth-order valence-corrected chi connectivity index (χ4v) is 6.07. The Bertz CT molecular complexity index is 1590. The van der Waals surface area contributed by atoms with E-state index in [2.05, 4.69) is 9.47 Å². The van der Waals surface area contributed by atoms with E-state index in [9.17, 15) is 26.8 Å². The summed E-state index contributed by atoms with van der Waals surface area (Å²) in [6.45, 7) is 1.87. The molecule has 0 radical (unpaired) electrons. The summed E-state index contributed by atoms with van der Waals surface area (Å²) in [5, 5.41) is 0. The predicted octanol–water partition coefficient (Wildman–Crippen LogP) is 4.26. The minimum absolute atomic E-state index is 0.0470. The lowest BCUT2D eigenvalue weighted by Crippen LogP contribution is -2.26. The second-order valence-electron chi connectivity index (χ2n) is 9.31. The number of ketones is 1. The summed E-state index contributed by atoms with van der Waals surface area (Å²) in [5.74, 6) is -0.860. The van der Waals surface area contributed by atoms with Crippen molar-refractivity contribution in [3.8, 4) is 22.6 Å². The second kappa shape index (κ2) is 7.36. The van der Waals surface area contributed by atoms with Crippen LogP contribution < -0.4 is 14.2 Å². The van der Waals surface area contributed by atoms with Crippen LogP contribution in [0.5, 0.6) is 11.5 Å². The number of halogens is 2. The first-order valence-electron chi connectivity index (χ1n) is 11.2. The van der Waals surface area contributed by atoms with Crippen molar-refractivity contribution in [2.75, 3.05) is 0 Å². The van der Waals surface area contributed by atoms with Crippen LogP contribution in [-0.4, -0.2) is 26.4 Å². The lowest BCUT2D eigenvalue weighted by Gasteiger charge is -2.16. The molecule has 0 aromatic heterocycles. The van der Waals surface area contributed by atoms with E-state index < -0.39 is 27.6 Å². The summed E-state index contributed by atoms with van der Waals surface area (Å²) < 4.78 is 62.3. The standard InChI is InChI=1S/C26H19F2NO6S/c1-14-2-3-15(10-19(14)16-4-6-18-22(12-16)36(32,33)29-24(18)31)11-23(30)25(8-9-25)17-5-7-20-21(13-17)35-26(27,28)34-20/h2-7,10,12-13H,8-9,11H2,1H3,(H,29,31). The molecule has 3 aromatic carbocycles. The fourth-order valence-electron chi connectivity index (χ4n) is 4.88. The number of hydrogen-bond acceptors (Lipinski definition) is 6. The number of rotatable bonds is 5. The molecule has 1 N–H and O–H groups in total. The molecule has 0 bridgehead atoms. The van der Waals surface area contributed by atoms with Gasteiger partial charge < -0.3 is 9.47 Å². The minimum Gasteiger partial charge on any atom is -0.395 e. The van der Waals surface area contributed by atoms with Crippen molar-refractivity contribution < 1.29 is 36.3 Å². The number of Topliss-reactive ketones (excluding diaryl/α,β-unsaturated/α-hetero) is 1. The Morgan fingerprint density at radius 2 is 1.72 bits per heavy atom. The van der Waals surface area contributed by atoms with Crippen molar-refractivity contribution in [1.29, 1.82) is 0 Å². The lowest BCUT2D eigenvalue weighted by molar-refractivity contribution is -0.286. The molecule has 2 heterocycles. The van der Waals surface area contributed by atoms with Crippen molar-refractivity contribution >= 4 is 21.7 Å². The number of ether oxygens (including phenoxy) is 2. The number of alkyl halides is 2. The highest BCUT2D eigenvalue weighted by Gasteiger charge is 2.52. The molecule has 184 valence electrons. The molecule has 1 aliphatic carbocycles. The third kappa shape index (κ3) is 3.55. The van der Waals surface area contributed by atoms with Crippen LogP contribution in [-0.2, 0) is 26.7 Å². The summed E-state index contributed by atoms with van der Waals surface area (Å²) in [4.78, 5) is 25.2. The second-order valence-corrected chi connectivity index (χ2v) is 11.0. The molecule has 6 rings (SSSR count). The zero-order valence-corrected chi connectivity index (χ0v) is 19.7.